The maximum Gasteiger partial charge on any atom is 0.408 e. The van der Waals surface area contributed by atoms with Crippen molar-refractivity contribution in [2.24, 2.45) is 11.8 Å². The van der Waals surface area contributed by atoms with Crippen LogP contribution in [0.15, 0.2) is 43.0 Å². The molecule has 0 spiro atoms. The topological polar surface area (TPSA) is 105 Å². The van der Waals surface area contributed by atoms with Gasteiger partial charge < -0.3 is 25.1 Å². The molecule has 0 saturated heterocycles. The van der Waals surface area contributed by atoms with Crippen molar-refractivity contribution < 1.29 is 23.9 Å². The molecule has 0 bridgehead atoms. The largest absolute Gasteiger partial charge is 0.446 e. The Morgan fingerprint density at radius 2 is 1.75 bits per heavy atom. The second kappa shape index (κ2) is 16.5. The molecule has 2 unspecified atom stereocenters. The molecule has 1 aromatic carbocycles. The van der Waals surface area contributed by atoms with Gasteiger partial charge in [-0.15, -0.1) is 6.58 Å². The van der Waals surface area contributed by atoms with E-state index in [4.69, 9.17) is 4.74 Å². The summed E-state index contributed by atoms with van der Waals surface area (Å²) in [5, 5.41) is 5.39. The number of rotatable bonds is 16. The number of nitrogens with one attached hydrogen (secondary N) is 2. The Morgan fingerprint density at radius 1 is 1.08 bits per heavy atom. The molecule has 2 N–H and O–H groups in total. The van der Waals surface area contributed by atoms with Gasteiger partial charge in [-0.3, -0.25) is 9.59 Å². The molecule has 0 aliphatic carbocycles. The first kappa shape index (κ1) is 30.9. The van der Waals surface area contributed by atoms with Crippen LogP contribution in [0.4, 0.5) is 4.79 Å². The lowest BCUT2D eigenvalue weighted by Gasteiger charge is -2.26. The van der Waals surface area contributed by atoms with Crippen molar-refractivity contribution in [3.05, 3.63) is 48.6 Å². The number of ether oxygens (including phenoxy) is 1. The molecule has 36 heavy (non-hydrogen) atoms. The first-order valence-electron chi connectivity index (χ1n) is 12.7. The number of hydrogen-bond donors (Lipinski definition) is 2. The van der Waals surface area contributed by atoms with Gasteiger partial charge in [0.25, 0.3) is 0 Å². The lowest BCUT2D eigenvalue weighted by Crippen LogP contribution is -2.51. The summed E-state index contributed by atoms with van der Waals surface area (Å²) in [5.74, 6) is -1.00. The predicted molar refractivity (Wildman–Crippen MR) is 141 cm³/mol. The van der Waals surface area contributed by atoms with Crippen molar-refractivity contribution >= 4 is 24.2 Å². The van der Waals surface area contributed by atoms with Gasteiger partial charge in [-0.2, -0.15) is 0 Å². The van der Waals surface area contributed by atoms with Crippen molar-refractivity contribution in [2.75, 3.05) is 14.1 Å². The summed E-state index contributed by atoms with van der Waals surface area (Å²) >= 11 is 0. The predicted octanol–water partition coefficient (Wildman–Crippen LogP) is 3.89. The van der Waals surface area contributed by atoms with Crippen LogP contribution in [0.2, 0.25) is 0 Å². The van der Waals surface area contributed by atoms with Crippen LogP contribution in [0.1, 0.15) is 58.4 Å². The fraction of sp³-hybridized carbons (Fsp3) is 0.571. The molecule has 1 aromatic rings. The molecule has 0 aliphatic heterocycles. The van der Waals surface area contributed by atoms with E-state index in [0.29, 0.717) is 32.0 Å². The van der Waals surface area contributed by atoms with E-state index in [1.165, 1.54) is 4.90 Å². The molecule has 200 valence electrons. The van der Waals surface area contributed by atoms with E-state index in [0.717, 1.165) is 12.0 Å². The highest BCUT2D eigenvalue weighted by atomic mass is 16.6. The number of amides is 3. The van der Waals surface area contributed by atoms with Crippen LogP contribution in [-0.4, -0.2) is 61.4 Å². The first-order valence-corrected chi connectivity index (χ1v) is 12.7. The zero-order valence-corrected chi connectivity index (χ0v) is 22.4. The zero-order valence-electron chi connectivity index (χ0n) is 22.4. The summed E-state index contributed by atoms with van der Waals surface area (Å²) in [4.78, 5) is 51.5. The van der Waals surface area contributed by atoms with Crippen LogP contribution < -0.4 is 10.6 Å². The lowest BCUT2D eigenvalue weighted by molar-refractivity contribution is -0.134. The Balaban J connectivity index is 2.86. The lowest BCUT2D eigenvalue weighted by atomic mass is 9.95. The summed E-state index contributed by atoms with van der Waals surface area (Å²) in [6, 6.07) is 8.04. The van der Waals surface area contributed by atoms with E-state index in [1.54, 1.807) is 20.2 Å². The smallest absolute Gasteiger partial charge is 0.408 e. The van der Waals surface area contributed by atoms with Crippen molar-refractivity contribution in [3.63, 3.8) is 0 Å². The van der Waals surface area contributed by atoms with Gasteiger partial charge in [-0.05, 0) is 37.2 Å². The van der Waals surface area contributed by atoms with Gasteiger partial charge in [0.1, 0.15) is 18.4 Å². The average Bonchev–Trinajstić information content (AvgIpc) is 2.82. The zero-order chi connectivity index (χ0) is 27.1. The maximum atomic E-state index is 13.1. The van der Waals surface area contributed by atoms with Gasteiger partial charge in [0.05, 0.1) is 6.04 Å². The van der Waals surface area contributed by atoms with E-state index in [2.05, 4.69) is 17.2 Å². The highest BCUT2D eigenvalue weighted by Crippen LogP contribution is 2.16. The summed E-state index contributed by atoms with van der Waals surface area (Å²) in [5.41, 5.74) is 1.07. The number of allylic oxidation sites excluding steroid dienone is 1. The van der Waals surface area contributed by atoms with Crippen molar-refractivity contribution in [3.8, 4) is 0 Å². The summed E-state index contributed by atoms with van der Waals surface area (Å²) < 4.78 is 5.68. The fourth-order valence-corrected chi connectivity index (χ4v) is 4.03. The van der Waals surface area contributed by atoms with Crippen LogP contribution in [0.5, 0.6) is 0 Å². The molecule has 3 amide bonds. The van der Waals surface area contributed by atoms with Crippen LogP contribution >= 0.6 is 0 Å². The highest BCUT2D eigenvalue weighted by molar-refractivity contribution is 5.88. The molecule has 0 fully saturated rings. The first-order chi connectivity index (χ1) is 17.1. The van der Waals surface area contributed by atoms with Gasteiger partial charge in [0.2, 0.25) is 11.8 Å². The number of benzene rings is 1. The number of carbonyl (C=O) groups is 4. The minimum absolute atomic E-state index is 0.107. The van der Waals surface area contributed by atoms with E-state index >= 15 is 0 Å². The molecular weight excluding hydrogens is 458 g/mol. The van der Waals surface area contributed by atoms with E-state index < -0.39 is 30.0 Å². The van der Waals surface area contributed by atoms with Gasteiger partial charge in [0.15, 0.2) is 0 Å². The molecule has 4 atom stereocenters. The second-order valence-electron chi connectivity index (χ2n) is 9.77. The van der Waals surface area contributed by atoms with Crippen LogP contribution in [0, 0.1) is 11.8 Å². The molecule has 0 aromatic heterocycles. The number of nitrogens with zero attached hydrogens (tertiary/aromatic N) is 1. The Labute approximate surface area is 215 Å². The Morgan fingerprint density at radius 3 is 2.28 bits per heavy atom. The number of carbonyl (C=O) groups excluding carboxylic acids is 4. The normalized spacial score (nSPS) is 14.2. The molecular formula is C28H43N3O5. The van der Waals surface area contributed by atoms with Crippen LogP contribution in [-0.2, 0) is 25.5 Å². The fourth-order valence-electron chi connectivity index (χ4n) is 4.03. The molecule has 0 heterocycles. The van der Waals surface area contributed by atoms with Gasteiger partial charge >= 0.3 is 6.09 Å². The monoisotopic (exact) mass is 501 g/mol. The SMILES string of the molecule is C=CCC(C[C@H](C=O)NC(=O)[C@H](CC(C)C)NC(=O)OC(CCC)Cc1ccccc1)C(=O)N(C)C. The minimum atomic E-state index is -0.874. The quantitative estimate of drug-likeness (QED) is 0.264. The van der Waals surface area contributed by atoms with Gasteiger partial charge in [0, 0.05) is 26.4 Å². The van der Waals surface area contributed by atoms with Crippen LogP contribution in [0.25, 0.3) is 0 Å². The molecule has 0 radical (unpaired) electrons. The van der Waals surface area contributed by atoms with E-state index in [9.17, 15) is 19.2 Å². The molecule has 1 rings (SSSR count). The Hall–Kier alpha value is -3.16. The molecule has 8 heteroatoms. The average molecular weight is 502 g/mol. The minimum Gasteiger partial charge on any atom is -0.446 e. The third kappa shape index (κ3) is 11.5. The Kier molecular flexibility index (Phi) is 14.1. The van der Waals surface area contributed by atoms with E-state index in [1.807, 2.05) is 51.1 Å². The van der Waals surface area contributed by atoms with Gasteiger partial charge in [-0.25, -0.2) is 4.79 Å². The third-order valence-electron chi connectivity index (χ3n) is 5.78. The summed E-state index contributed by atoms with van der Waals surface area (Å²) in [6.07, 6.45) is 4.29. The van der Waals surface area contributed by atoms with Crippen molar-refractivity contribution in [2.45, 2.75) is 77.5 Å². The molecule has 0 saturated carbocycles. The number of aldehydes is 1. The Bertz CT molecular complexity index is 841. The standard InChI is InChI=1S/C28H43N3O5/c1-7-12-22(27(34)31(5)6)18-23(19-32)29-26(33)25(16-20(3)4)30-28(35)36-24(13-8-2)17-21-14-10-9-11-15-21/h7,9-11,14-15,19-20,22-25H,1,8,12-13,16-18H2,2-6H3,(H,29,33)(H,30,35)/t22?,23-,24?,25+/m1/s1. The van der Waals surface area contributed by atoms with Crippen molar-refractivity contribution in [1.29, 1.82) is 0 Å². The van der Waals surface area contributed by atoms with E-state index in [-0.39, 0.29) is 24.3 Å². The van der Waals surface area contributed by atoms with Crippen molar-refractivity contribution in [1.82, 2.24) is 15.5 Å². The second-order valence-corrected chi connectivity index (χ2v) is 9.77. The maximum absolute atomic E-state index is 13.1. The third-order valence-corrected chi connectivity index (χ3v) is 5.78. The molecule has 0 aliphatic rings. The highest BCUT2D eigenvalue weighted by Gasteiger charge is 2.29. The number of hydrogen-bond acceptors (Lipinski definition) is 5. The van der Waals surface area contributed by atoms with Crippen LogP contribution in [0.3, 0.4) is 0 Å². The molecule has 8 nitrogen and oxygen atoms in total. The summed E-state index contributed by atoms with van der Waals surface area (Å²) in [6.45, 7) is 9.59. The number of alkyl carbamates (subject to hydrolysis) is 1. The summed E-state index contributed by atoms with van der Waals surface area (Å²) in [7, 11) is 3.29. The van der Waals surface area contributed by atoms with Gasteiger partial charge in [-0.1, -0.05) is 63.6 Å².